The third-order valence-corrected chi connectivity index (χ3v) is 4.63. The van der Waals surface area contributed by atoms with Crippen LogP contribution in [0.3, 0.4) is 0 Å². The highest BCUT2D eigenvalue weighted by Crippen LogP contribution is 2.14. The average Bonchev–Trinajstić information content (AvgIpc) is 2.60. The minimum Gasteiger partial charge on any atom is -0.479 e. The summed E-state index contributed by atoms with van der Waals surface area (Å²) in [7, 11) is 0. The van der Waals surface area contributed by atoms with Crippen molar-refractivity contribution in [2.75, 3.05) is 6.61 Å². The van der Waals surface area contributed by atoms with E-state index in [1.165, 1.54) is 70.6 Å². The third kappa shape index (κ3) is 16.4. The van der Waals surface area contributed by atoms with E-state index >= 15 is 0 Å². The Labute approximate surface area is 159 Å². The number of rotatable bonds is 18. The van der Waals surface area contributed by atoms with Crippen molar-refractivity contribution in [2.24, 2.45) is 5.92 Å². The maximum Gasteiger partial charge on any atom is 0.346 e. The smallest absolute Gasteiger partial charge is 0.346 e. The SMILES string of the molecule is CC(C)CCCCCCCCCCCCCCCOC(=O)C(O)C(=O)O. The fourth-order valence-electron chi connectivity index (χ4n) is 2.95. The maximum absolute atomic E-state index is 11.1. The van der Waals surface area contributed by atoms with Gasteiger partial charge in [-0.05, 0) is 12.3 Å². The number of carbonyl (C=O) groups excluding carboxylic acids is 1. The first kappa shape index (κ1) is 24.9. The van der Waals surface area contributed by atoms with Crippen molar-refractivity contribution in [3.05, 3.63) is 0 Å². The Morgan fingerprint density at radius 3 is 1.50 bits per heavy atom. The molecule has 26 heavy (non-hydrogen) atoms. The second kappa shape index (κ2) is 17.3. The second-order valence-corrected chi connectivity index (χ2v) is 7.69. The third-order valence-electron chi connectivity index (χ3n) is 4.63. The van der Waals surface area contributed by atoms with Crippen LogP contribution >= 0.6 is 0 Å². The van der Waals surface area contributed by atoms with Gasteiger partial charge in [0.2, 0.25) is 6.10 Å². The molecule has 0 radical (unpaired) electrons. The Morgan fingerprint density at radius 1 is 0.731 bits per heavy atom. The van der Waals surface area contributed by atoms with Crippen molar-refractivity contribution in [1.29, 1.82) is 0 Å². The normalized spacial score (nSPS) is 12.3. The molecule has 2 N–H and O–H groups in total. The van der Waals surface area contributed by atoms with Crippen LogP contribution in [0.1, 0.15) is 104 Å². The van der Waals surface area contributed by atoms with Crippen LogP contribution in [0.25, 0.3) is 0 Å². The van der Waals surface area contributed by atoms with Crippen LogP contribution < -0.4 is 0 Å². The Hall–Kier alpha value is -1.10. The summed E-state index contributed by atoms with van der Waals surface area (Å²) < 4.78 is 4.71. The molecule has 0 saturated heterocycles. The molecule has 0 aliphatic heterocycles. The molecule has 0 fully saturated rings. The largest absolute Gasteiger partial charge is 0.479 e. The summed E-state index contributed by atoms with van der Waals surface area (Å²) in [5.41, 5.74) is 0. The number of ether oxygens (including phenoxy) is 1. The van der Waals surface area contributed by atoms with E-state index in [0.29, 0.717) is 0 Å². The van der Waals surface area contributed by atoms with E-state index in [4.69, 9.17) is 14.9 Å². The van der Waals surface area contributed by atoms with Crippen LogP contribution in [0.2, 0.25) is 0 Å². The first-order chi connectivity index (χ1) is 12.4. The molecule has 0 saturated carbocycles. The minimum absolute atomic E-state index is 0.181. The van der Waals surface area contributed by atoms with Gasteiger partial charge in [-0.2, -0.15) is 0 Å². The zero-order chi connectivity index (χ0) is 19.6. The lowest BCUT2D eigenvalue weighted by Gasteiger charge is -2.07. The topological polar surface area (TPSA) is 83.8 Å². The molecule has 0 aromatic rings. The lowest BCUT2D eigenvalue weighted by atomic mass is 10.0. The van der Waals surface area contributed by atoms with Crippen LogP contribution in [0, 0.1) is 5.92 Å². The molecule has 0 aliphatic carbocycles. The van der Waals surface area contributed by atoms with E-state index in [9.17, 15) is 9.59 Å². The van der Waals surface area contributed by atoms with Gasteiger partial charge in [-0.25, -0.2) is 9.59 Å². The molecule has 0 heterocycles. The molecular weight excluding hydrogens is 332 g/mol. The molecule has 0 aliphatic rings. The molecule has 154 valence electrons. The Bertz CT molecular complexity index is 354. The molecule has 0 amide bonds. The van der Waals surface area contributed by atoms with Crippen molar-refractivity contribution < 1.29 is 24.5 Å². The molecular formula is C21H40O5. The number of carboxylic acids is 1. The molecule has 0 bridgehead atoms. The molecule has 5 nitrogen and oxygen atoms in total. The molecule has 1 unspecified atom stereocenters. The second-order valence-electron chi connectivity index (χ2n) is 7.69. The summed E-state index contributed by atoms with van der Waals surface area (Å²) in [4.78, 5) is 21.5. The minimum atomic E-state index is -2.06. The van der Waals surface area contributed by atoms with Gasteiger partial charge in [0.1, 0.15) is 0 Å². The Morgan fingerprint density at radius 2 is 1.12 bits per heavy atom. The average molecular weight is 373 g/mol. The number of hydrogen-bond donors (Lipinski definition) is 2. The highest BCUT2D eigenvalue weighted by atomic mass is 16.6. The quantitative estimate of drug-likeness (QED) is 0.199. The molecule has 0 rings (SSSR count). The van der Waals surface area contributed by atoms with Gasteiger partial charge >= 0.3 is 11.9 Å². The highest BCUT2D eigenvalue weighted by Gasteiger charge is 2.24. The van der Waals surface area contributed by atoms with Gasteiger partial charge < -0.3 is 14.9 Å². The monoisotopic (exact) mass is 372 g/mol. The number of carbonyl (C=O) groups is 2. The van der Waals surface area contributed by atoms with E-state index in [2.05, 4.69) is 13.8 Å². The van der Waals surface area contributed by atoms with Crippen LogP contribution in [0.4, 0.5) is 0 Å². The number of aliphatic hydroxyl groups is 1. The fourth-order valence-corrected chi connectivity index (χ4v) is 2.95. The van der Waals surface area contributed by atoms with Gasteiger partial charge in [-0.1, -0.05) is 97.3 Å². The summed E-state index contributed by atoms with van der Waals surface area (Å²) in [5.74, 6) is -1.80. The number of aliphatic hydroxyl groups excluding tert-OH is 1. The first-order valence-corrected chi connectivity index (χ1v) is 10.5. The van der Waals surface area contributed by atoms with E-state index in [0.717, 1.165) is 25.2 Å². The van der Waals surface area contributed by atoms with Crippen LogP contribution in [-0.2, 0) is 14.3 Å². The molecule has 0 spiro atoms. The Kier molecular flexibility index (Phi) is 16.6. The van der Waals surface area contributed by atoms with Gasteiger partial charge in [0.15, 0.2) is 0 Å². The van der Waals surface area contributed by atoms with Gasteiger partial charge in [-0.3, -0.25) is 0 Å². The standard InChI is InChI=1S/C21H40O5/c1-18(2)16-14-12-10-8-6-4-3-5-7-9-11-13-15-17-26-21(25)19(22)20(23)24/h18-19,22H,3-17H2,1-2H3,(H,23,24). The van der Waals surface area contributed by atoms with Gasteiger partial charge in [-0.15, -0.1) is 0 Å². The van der Waals surface area contributed by atoms with Crippen molar-refractivity contribution >= 4 is 11.9 Å². The van der Waals surface area contributed by atoms with Gasteiger partial charge in [0.05, 0.1) is 6.61 Å². The Balaban J connectivity index is 3.18. The molecule has 0 aromatic carbocycles. The predicted molar refractivity (Wildman–Crippen MR) is 104 cm³/mol. The molecule has 1 atom stereocenters. The maximum atomic E-state index is 11.1. The van der Waals surface area contributed by atoms with Crippen LogP contribution in [0.5, 0.6) is 0 Å². The number of unbranched alkanes of at least 4 members (excludes halogenated alkanes) is 12. The number of hydrogen-bond acceptors (Lipinski definition) is 4. The van der Waals surface area contributed by atoms with E-state index in [1.54, 1.807) is 0 Å². The summed E-state index contributed by atoms with van der Waals surface area (Å²) in [6.07, 6.45) is 15.4. The van der Waals surface area contributed by atoms with Crippen molar-refractivity contribution in [3.63, 3.8) is 0 Å². The summed E-state index contributed by atoms with van der Waals surface area (Å²) in [6.45, 7) is 4.77. The number of esters is 1. The number of carboxylic acid groups (broad SMARTS) is 1. The summed E-state index contributed by atoms with van der Waals surface area (Å²) in [6, 6.07) is 0. The van der Waals surface area contributed by atoms with E-state index in [1.807, 2.05) is 0 Å². The summed E-state index contributed by atoms with van der Waals surface area (Å²) >= 11 is 0. The van der Waals surface area contributed by atoms with Crippen LogP contribution in [0.15, 0.2) is 0 Å². The zero-order valence-electron chi connectivity index (χ0n) is 16.9. The number of aliphatic carboxylic acids is 1. The molecule has 5 heteroatoms. The van der Waals surface area contributed by atoms with E-state index < -0.39 is 18.0 Å². The highest BCUT2D eigenvalue weighted by molar-refractivity contribution is 5.96. The first-order valence-electron chi connectivity index (χ1n) is 10.5. The molecule has 0 aromatic heterocycles. The zero-order valence-corrected chi connectivity index (χ0v) is 16.9. The predicted octanol–water partition coefficient (Wildman–Crippen LogP) is 5.09. The van der Waals surface area contributed by atoms with Crippen molar-refractivity contribution in [2.45, 2.75) is 110 Å². The lowest BCUT2D eigenvalue weighted by Crippen LogP contribution is -2.31. The summed E-state index contributed by atoms with van der Waals surface area (Å²) in [5, 5.41) is 17.4. The fraction of sp³-hybridized carbons (Fsp3) is 0.905. The van der Waals surface area contributed by atoms with Crippen molar-refractivity contribution in [3.8, 4) is 0 Å². The van der Waals surface area contributed by atoms with Gasteiger partial charge in [0, 0.05) is 0 Å². The van der Waals surface area contributed by atoms with Gasteiger partial charge in [0.25, 0.3) is 0 Å². The van der Waals surface area contributed by atoms with E-state index in [-0.39, 0.29) is 6.61 Å². The lowest BCUT2D eigenvalue weighted by molar-refractivity contribution is -0.165. The van der Waals surface area contributed by atoms with Crippen LogP contribution in [-0.4, -0.2) is 34.9 Å². The van der Waals surface area contributed by atoms with Crippen molar-refractivity contribution in [1.82, 2.24) is 0 Å².